The number of hydrogen-bond acceptors (Lipinski definition) is 2. The highest BCUT2D eigenvalue weighted by Crippen LogP contribution is 2.35. The predicted molar refractivity (Wildman–Crippen MR) is 73.1 cm³/mol. The monoisotopic (exact) mass is 262 g/mol. The normalized spacial score (nSPS) is 10.6. The molecule has 0 aliphatic heterocycles. The maximum absolute atomic E-state index is 9.23. The molecular weight excluding hydrogens is 248 g/mol. The van der Waals surface area contributed by atoms with Crippen molar-refractivity contribution in [2.75, 3.05) is 7.11 Å². The Bertz CT molecular complexity index is 610. The Hall–Kier alpha value is -1.66. The van der Waals surface area contributed by atoms with Gasteiger partial charge in [0.1, 0.15) is 17.0 Å². The van der Waals surface area contributed by atoms with Crippen molar-refractivity contribution >= 4 is 22.5 Å². The van der Waals surface area contributed by atoms with Crippen molar-refractivity contribution < 1.29 is 4.74 Å². The van der Waals surface area contributed by atoms with Crippen molar-refractivity contribution in [1.29, 1.82) is 5.26 Å². The second-order valence-electron chi connectivity index (χ2n) is 4.14. The SMILES string of the molecule is CCCCn1c(Cl)c(C#N)c2cccc(OC)c21. The zero-order valence-corrected chi connectivity index (χ0v) is 11.3. The van der Waals surface area contributed by atoms with Gasteiger partial charge >= 0.3 is 0 Å². The maximum atomic E-state index is 9.23. The van der Waals surface area contributed by atoms with Gasteiger partial charge in [0.25, 0.3) is 0 Å². The first-order chi connectivity index (χ1) is 8.74. The Morgan fingerprint density at radius 1 is 1.44 bits per heavy atom. The molecule has 2 rings (SSSR count). The van der Waals surface area contributed by atoms with Gasteiger partial charge in [-0.2, -0.15) is 5.26 Å². The molecular formula is C14H15ClN2O. The molecule has 0 N–H and O–H groups in total. The minimum absolute atomic E-state index is 0.505. The van der Waals surface area contributed by atoms with E-state index in [1.54, 1.807) is 7.11 Å². The number of para-hydroxylation sites is 1. The fraction of sp³-hybridized carbons (Fsp3) is 0.357. The van der Waals surface area contributed by atoms with Crippen LogP contribution in [0.1, 0.15) is 25.3 Å². The molecule has 1 aromatic heterocycles. The summed E-state index contributed by atoms with van der Waals surface area (Å²) in [4.78, 5) is 0. The van der Waals surface area contributed by atoms with Crippen LogP contribution in [0.5, 0.6) is 5.75 Å². The molecule has 2 aromatic rings. The molecule has 1 aromatic carbocycles. The summed E-state index contributed by atoms with van der Waals surface area (Å²) in [6, 6.07) is 7.85. The fourth-order valence-electron chi connectivity index (χ4n) is 2.14. The van der Waals surface area contributed by atoms with Crippen LogP contribution in [-0.4, -0.2) is 11.7 Å². The van der Waals surface area contributed by atoms with E-state index >= 15 is 0 Å². The largest absolute Gasteiger partial charge is 0.495 e. The third-order valence-electron chi connectivity index (χ3n) is 3.05. The van der Waals surface area contributed by atoms with Crippen LogP contribution in [0.15, 0.2) is 18.2 Å². The van der Waals surface area contributed by atoms with E-state index in [1.807, 2.05) is 22.8 Å². The lowest BCUT2D eigenvalue weighted by Gasteiger charge is -2.09. The molecule has 0 unspecified atom stereocenters. The van der Waals surface area contributed by atoms with E-state index in [9.17, 15) is 5.26 Å². The number of halogens is 1. The summed E-state index contributed by atoms with van der Waals surface area (Å²) in [5, 5.41) is 10.6. The zero-order chi connectivity index (χ0) is 13.1. The number of ether oxygens (including phenoxy) is 1. The lowest BCUT2D eigenvalue weighted by Crippen LogP contribution is -1.99. The third-order valence-corrected chi connectivity index (χ3v) is 3.44. The number of benzene rings is 1. The molecule has 0 saturated carbocycles. The highest BCUT2D eigenvalue weighted by Gasteiger charge is 2.17. The van der Waals surface area contributed by atoms with Gasteiger partial charge in [0.15, 0.2) is 0 Å². The van der Waals surface area contributed by atoms with Gasteiger partial charge in [0, 0.05) is 11.9 Å². The summed E-state index contributed by atoms with van der Waals surface area (Å²) in [7, 11) is 1.63. The van der Waals surface area contributed by atoms with Crippen molar-refractivity contribution in [1.82, 2.24) is 4.57 Å². The molecule has 0 aliphatic carbocycles. The molecule has 0 fully saturated rings. The first-order valence-electron chi connectivity index (χ1n) is 5.99. The second-order valence-corrected chi connectivity index (χ2v) is 4.50. The standard InChI is InChI=1S/C14H15ClN2O/c1-3-4-8-17-13-10(11(9-16)14(17)15)6-5-7-12(13)18-2/h5-7H,3-4,8H2,1-2H3. The van der Waals surface area contributed by atoms with Crippen LogP contribution >= 0.6 is 11.6 Å². The van der Waals surface area contributed by atoms with Crippen LogP contribution in [0.2, 0.25) is 5.15 Å². The van der Waals surface area contributed by atoms with E-state index in [0.717, 1.165) is 36.0 Å². The first kappa shape index (κ1) is 12.8. The van der Waals surface area contributed by atoms with Gasteiger partial charge < -0.3 is 9.30 Å². The Labute approximate surface area is 112 Å². The van der Waals surface area contributed by atoms with E-state index in [-0.39, 0.29) is 0 Å². The minimum atomic E-state index is 0.505. The van der Waals surface area contributed by atoms with E-state index in [4.69, 9.17) is 16.3 Å². The molecule has 4 heteroatoms. The first-order valence-corrected chi connectivity index (χ1v) is 6.37. The molecule has 94 valence electrons. The summed E-state index contributed by atoms with van der Waals surface area (Å²) >= 11 is 6.30. The van der Waals surface area contributed by atoms with Crippen LogP contribution in [0, 0.1) is 11.3 Å². The van der Waals surface area contributed by atoms with E-state index in [1.165, 1.54) is 0 Å². The molecule has 1 heterocycles. The Kier molecular flexibility index (Phi) is 3.78. The smallest absolute Gasteiger partial charge is 0.143 e. The number of aryl methyl sites for hydroxylation is 1. The average Bonchev–Trinajstić information content (AvgIpc) is 2.67. The third kappa shape index (κ3) is 1.93. The van der Waals surface area contributed by atoms with Gasteiger partial charge in [-0.3, -0.25) is 0 Å². The quantitative estimate of drug-likeness (QED) is 0.836. The number of aromatic nitrogens is 1. The molecule has 0 amide bonds. The van der Waals surface area contributed by atoms with Crippen molar-refractivity contribution in [3.8, 4) is 11.8 Å². The molecule has 0 spiro atoms. The Morgan fingerprint density at radius 2 is 2.22 bits per heavy atom. The lowest BCUT2D eigenvalue weighted by atomic mass is 10.2. The topological polar surface area (TPSA) is 38.0 Å². The summed E-state index contributed by atoms with van der Waals surface area (Å²) in [5.74, 6) is 0.756. The number of unbranched alkanes of at least 4 members (excludes halogenated alkanes) is 1. The lowest BCUT2D eigenvalue weighted by molar-refractivity contribution is 0.417. The van der Waals surface area contributed by atoms with Gasteiger partial charge in [-0.05, 0) is 12.5 Å². The zero-order valence-electron chi connectivity index (χ0n) is 10.5. The molecule has 18 heavy (non-hydrogen) atoms. The summed E-state index contributed by atoms with van der Waals surface area (Å²) in [6.07, 6.45) is 2.10. The van der Waals surface area contributed by atoms with E-state index in [0.29, 0.717) is 10.7 Å². The van der Waals surface area contributed by atoms with Gasteiger partial charge in [-0.1, -0.05) is 37.1 Å². The van der Waals surface area contributed by atoms with E-state index < -0.39 is 0 Å². The number of hydrogen-bond donors (Lipinski definition) is 0. The minimum Gasteiger partial charge on any atom is -0.495 e. The Balaban J connectivity index is 2.74. The highest BCUT2D eigenvalue weighted by atomic mass is 35.5. The van der Waals surface area contributed by atoms with Gasteiger partial charge in [-0.25, -0.2) is 0 Å². The van der Waals surface area contributed by atoms with Crippen molar-refractivity contribution in [3.05, 3.63) is 28.9 Å². The van der Waals surface area contributed by atoms with Gasteiger partial charge in [-0.15, -0.1) is 0 Å². The molecule has 0 aliphatic rings. The fourth-order valence-corrected chi connectivity index (χ4v) is 2.46. The summed E-state index contributed by atoms with van der Waals surface area (Å²) < 4.78 is 7.34. The predicted octanol–water partition coefficient (Wildman–Crippen LogP) is 3.98. The van der Waals surface area contributed by atoms with Gasteiger partial charge in [0.05, 0.1) is 18.2 Å². The summed E-state index contributed by atoms with van der Waals surface area (Å²) in [6.45, 7) is 2.93. The van der Waals surface area contributed by atoms with Crippen LogP contribution in [-0.2, 0) is 6.54 Å². The number of fused-ring (bicyclic) bond motifs is 1. The number of rotatable bonds is 4. The van der Waals surface area contributed by atoms with Crippen LogP contribution < -0.4 is 4.74 Å². The number of nitriles is 1. The van der Waals surface area contributed by atoms with Crippen LogP contribution in [0.4, 0.5) is 0 Å². The number of methoxy groups -OCH3 is 1. The van der Waals surface area contributed by atoms with Crippen molar-refractivity contribution in [3.63, 3.8) is 0 Å². The van der Waals surface area contributed by atoms with Crippen LogP contribution in [0.25, 0.3) is 10.9 Å². The average molecular weight is 263 g/mol. The summed E-state index contributed by atoms with van der Waals surface area (Å²) in [5.41, 5.74) is 1.44. The van der Waals surface area contributed by atoms with Crippen molar-refractivity contribution in [2.24, 2.45) is 0 Å². The molecule has 0 bridgehead atoms. The van der Waals surface area contributed by atoms with E-state index in [2.05, 4.69) is 13.0 Å². The second kappa shape index (κ2) is 5.32. The van der Waals surface area contributed by atoms with Gasteiger partial charge in [0.2, 0.25) is 0 Å². The molecule has 3 nitrogen and oxygen atoms in total. The highest BCUT2D eigenvalue weighted by molar-refractivity contribution is 6.32. The molecule has 0 atom stereocenters. The Morgan fingerprint density at radius 3 is 2.83 bits per heavy atom. The molecule has 0 radical (unpaired) electrons. The number of nitrogens with zero attached hydrogens (tertiary/aromatic N) is 2. The van der Waals surface area contributed by atoms with Crippen LogP contribution in [0.3, 0.4) is 0 Å². The molecule has 0 saturated heterocycles. The maximum Gasteiger partial charge on any atom is 0.143 e. The van der Waals surface area contributed by atoms with Crippen molar-refractivity contribution in [2.45, 2.75) is 26.3 Å².